The van der Waals surface area contributed by atoms with Gasteiger partial charge < -0.3 is 19.7 Å². The van der Waals surface area contributed by atoms with E-state index in [0.29, 0.717) is 12.6 Å². The van der Waals surface area contributed by atoms with Gasteiger partial charge in [0.25, 0.3) is 0 Å². The molecule has 9 nitrogen and oxygen atoms in total. The second kappa shape index (κ2) is 13.8. The molecule has 2 fully saturated rings. The Morgan fingerprint density at radius 2 is 1.82 bits per heavy atom. The molecule has 0 radical (unpaired) electrons. The number of nitrogens with zero attached hydrogens (tertiary/aromatic N) is 3. The van der Waals surface area contributed by atoms with Gasteiger partial charge in [0.15, 0.2) is 0 Å². The van der Waals surface area contributed by atoms with Crippen LogP contribution in [0.3, 0.4) is 0 Å². The number of fused-ring (bicyclic) bond motifs is 1. The average Bonchev–Trinajstić information content (AvgIpc) is 3.41. The van der Waals surface area contributed by atoms with Crippen molar-refractivity contribution in [2.75, 3.05) is 13.2 Å². The number of hydrogen-bond acceptors (Lipinski definition) is 8. The van der Waals surface area contributed by atoms with Crippen LogP contribution < -0.4 is 0 Å². The van der Waals surface area contributed by atoms with Gasteiger partial charge in [0.05, 0.1) is 23.4 Å². The van der Waals surface area contributed by atoms with E-state index in [9.17, 15) is 26.3 Å². The maximum Gasteiger partial charge on any atom is 0.490 e. The third-order valence-corrected chi connectivity index (χ3v) is 6.11. The molecule has 2 aromatic heterocycles. The van der Waals surface area contributed by atoms with Crippen LogP contribution in [0.4, 0.5) is 26.3 Å². The Morgan fingerprint density at radius 3 is 2.32 bits per heavy atom. The first-order chi connectivity index (χ1) is 17.7. The molecule has 0 unspecified atom stereocenters. The highest BCUT2D eigenvalue weighted by Gasteiger charge is 2.44. The minimum atomic E-state index is -5.08. The molecule has 16 heteroatoms. The van der Waals surface area contributed by atoms with Crippen molar-refractivity contribution in [2.24, 2.45) is 0 Å². The normalized spacial score (nSPS) is 21.4. The predicted octanol–water partition coefficient (Wildman–Crippen LogP) is 4.06. The van der Waals surface area contributed by atoms with Crippen molar-refractivity contribution in [3.8, 4) is 0 Å². The van der Waals surface area contributed by atoms with Crippen LogP contribution >= 0.6 is 11.3 Å². The van der Waals surface area contributed by atoms with E-state index in [1.54, 1.807) is 11.3 Å². The number of carboxylic acid groups (broad SMARTS) is 2. The van der Waals surface area contributed by atoms with Gasteiger partial charge in [0.1, 0.15) is 6.10 Å². The minimum absolute atomic E-state index is 0.119. The van der Waals surface area contributed by atoms with Crippen LogP contribution in [0, 0.1) is 6.92 Å². The summed E-state index contributed by atoms with van der Waals surface area (Å²) in [6.45, 7) is 5.26. The summed E-state index contributed by atoms with van der Waals surface area (Å²) >= 11 is 1.67. The number of ether oxygens (including phenoxy) is 2. The fourth-order valence-electron chi connectivity index (χ4n) is 3.73. The van der Waals surface area contributed by atoms with E-state index in [2.05, 4.69) is 26.3 Å². The number of alkyl halides is 6. The number of thiazole rings is 1. The van der Waals surface area contributed by atoms with Crippen LogP contribution in [0.2, 0.25) is 0 Å². The lowest BCUT2D eigenvalue weighted by Gasteiger charge is -2.32. The molecule has 38 heavy (non-hydrogen) atoms. The van der Waals surface area contributed by atoms with Gasteiger partial charge in [-0.1, -0.05) is 6.07 Å². The number of pyridine rings is 1. The van der Waals surface area contributed by atoms with Crippen molar-refractivity contribution in [3.63, 3.8) is 0 Å². The summed E-state index contributed by atoms with van der Waals surface area (Å²) in [4.78, 5) is 29.0. The highest BCUT2D eigenvalue weighted by Crippen LogP contribution is 2.32. The molecule has 0 bridgehead atoms. The molecule has 212 valence electrons. The Labute approximate surface area is 217 Å². The first-order valence-corrected chi connectivity index (χ1v) is 11.9. The number of aliphatic carboxylic acids is 2. The van der Waals surface area contributed by atoms with E-state index in [-0.39, 0.29) is 12.2 Å². The number of aryl methyl sites for hydroxylation is 1. The Morgan fingerprint density at radius 1 is 1.18 bits per heavy atom. The van der Waals surface area contributed by atoms with Crippen molar-refractivity contribution in [3.05, 3.63) is 46.2 Å². The molecule has 2 aromatic rings. The van der Waals surface area contributed by atoms with Crippen LogP contribution in [0.1, 0.15) is 29.1 Å². The van der Waals surface area contributed by atoms with Crippen LogP contribution in [0.15, 0.2) is 29.9 Å². The maximum absolute atomic E-state index is 10.6. The average molecular weight is 574 g/mol. The maximum atomic E-state index is 10.6. The lowest BCUT2D eigenvalue weighted by Crippen LogP contribution is -2.41. The van der Waals surface area contributed by atoms with E-state index >= 15 is 0 Å². The Bertz CT molecular complexity index is 1010. The SMILES string of the molecule is Cc1nc(CO[C@H]2CN(Cc3cccnc3)[C@@H]3CCCO[C@H]23)cs1.O=C(O)C(F)(F)F.O=C(O)C(F)(F)F. The molecule has 0 saturated carbocycles. The van der Waals surface area contributed by atoms with Gasteiger partial charge in [-0.15, -0.1) is 11.3 Å². The van der Waals surface area contributed by atoms with Crippen LogP contribution in [0.5, 0.6) is 0 Å². The van der Waals surface area contributed by atoms with Crippen molar-refractivity contribution >= 4 is 23.3 Å². The van der Waals surface area contributed by atoms with Gasteiger partial charge in [0.2, 0.25) is 0 Å². The molecule has 2 aliphatic heterocycles. The van der Waals surface area contributed by atoms with Crippen LogP contribution in [-0.4, -0.2) is 80.8 Å². The molecule has 4 heterocycles. The van der Waals surface area contributed by atoms with Crippen molar-refractivity contribution in [2.45, 2.75) is 63.5 Å². The zero-order valence-corrected chi connectivity index (χ0v) is 20.7. The standard InChI is InChI=1S/C18H23N3O2S.2C2HF3O2/c1-13-20-15(12-24-13)11-23-17-10-21(9-14-4-2-6-19-8-14)16-5-3-7-22-18(16)17;2*3-2(4,5)1(6)7/h2,4,6,8,12,16-18H,3,5,7,9-11H2,1H3;2*(H,6,7)/t16-,17+,18+;;/m1../s1. The van der Waals surface area contributed by atoms with E-state index < -0.39 is 24.3 Å². The Hall–Kier alpha value is -2.82. The number of aromatic nitrogens is 2. The minimum Gasteiger partial charge on any atom is -0.475 e. The predicted molar refractivity (Wildman–Crippen MR) is 120 cm³/mol. The molecule has 2 saturated heterocycles. The quantitative estimate of drug-likeness (QED) is 0.510. The summed E-state index contributed by atoms with van der Waals surface area (Å²) in [5.41, 5.74) is 2.27. The van der Waals surface area contributed by atoms with Gasteiger partial charge >= 0.3 is 24.3 Å². The number of halogens is 6. The van der Waals surface area contributed by atoms with Crippen molar-refractivity contribution in [1.82, 2.24) is 14.9 Å². The molecule has 0 amide bonds. The monoisotopic (exact) mass is 573 g/mol. The molecular formula is C22H25F6N3O6S. The van der Waals surface area contributed by atoms with Crippen LogP contribution in [0.25, 0.3) is 0 Å². The van der Waals surface area contributed by atoms with Crippen LogP contribution in [-0.2, 0) is 32.2 Å². The smallest absolute Gasteiger partial charge is 0.475 e. The van der Waals surface area contributed by atoms with Crippen molar-refractivity contribution in [1.29, 1.82) is 0 Å². The van der Waals surface area contributed by atoms with E-state index in [1.165, 1.54) is 12.0 Å². The number of likely N-dealkylation sites (tertiary alicyclic amines) is 1. The fourth-order valence-corrected chi connectivity index (χ4v) is 4.32. The van der Waals surface area contributed by atoms with E-state index in [1.807, 2.05) is 25.4 Å². The molecule has 0 aromatic carbocycles. The molecular weight excluding hydrogens is 548 g/mol. The zero-order valence-electron chi connectivity index (χ0n) is 19.9. The van der Waals surface area contributed by atoms with Gasteiger partial charge in [-0.05, 0) is 31.4 Å². The van der Waals surface area contributed by atoms with Crippen molar-refractivity contribution < 1.29 is 55.6 Å². The molecule has 2 aliphatic rings. The highest BCUT2D eigenvalue weighted by atomic mass is 32.1. The Kier molecular flexibility index (Phi) is 11.4. The second-order valence-corrected chi connectivity index (χ2v) is 9.21. The molecule has 2 N–H and O–H groups in total. The molecule has 3 atom stereocenters. The summed E-state index contributed by atoms with van der Waals surface area (Å²) in [6, 6.07) is 4.58. The molecule has 4 rings (SSSR count). The summed E-state index contributed by atoms with van der Waals surface area (Å²) in [5, 5.41) is 17.4. The van der Waals surface area contributed by atoms with E-state index in [4.69, 9.17) is 29.3 Å². The Balaban J connectivity index is 0.000000301. The number of carbonyl (C=O) groups is 2. The molecule has 0 spiro atoms. The molecule has 0 aliphatic carbocycles. The first kappa shape index (κ1) is 31.4. The zero-order chi connectivity index (χ0) is 28.5. The third-order valence-electron chi connectivity index (χ3n) is 5.29. The lowest BCUT2D eigenvalue weighted by atomic mass is 10.0. The number of rotatable bonds is 5. The van der Waals surface area contributed by atoms with Gasteiger partial charge in [-0.25, -0.2) is 14.6 Å². The van der Waals surface area contributed by atoms with Gasteiger partial charge in [0, 0.05) is 43.5 Å². The summed E-state index contributed by atoms with van der Waals surface area (Å²) in [5.74, 6) is -5.51. The third kappa shape index (κ3) is 10.2. The second-order valence-electron chi connectivity index (χ2n) is 8.15. The van der Waals surface area contributed by atoms with E-state index in [0.717, 1.165) is 36.8 Å². The largest absolute Gasteiger partial charge is 0.490 e. The topological polar surface area (TPSA) is 122 Å². The number of hydrogen-bond donors (Lipinski definition) is 2. The summed E-state index contributed by atoms with van der Waals surface area (Å²) in [7, 11) is 0. The lowest BCUT2D eigenvalue weighted by molar-refractivity contribution is -0.193. The highest BCUT2D eigenvalue weighted by molar-refractivity contribution is 7.09. The van der Waals surface area contributed by atoms with Gasteiger partial charge in [-0.2, -0.15) is 26.3 Å². The summed E-state index contributed by atoms with van der Waals surface area (Å²) in [6.07, 6.45) is -3.79. The van der Waals surface area contributed by atoms with Gasteiger partial charge in [-0.3, -0.25) is 9.88 Å². The fraction of sp³-hybridized carbons (Fsp3) is 0.545. The summed E-state index contributed by atoms with van der Waals surface area (Å²) < 4.78 is 75.7. The first-order valence-electron chi connectivity index (χ1n) is 11.1. The number of carboxylic acids is 2.